The van der Waals surface area contributed by atoms with Crippen molar-refractivity contribution < 1.29 is 9.59 Å². The SMILES string of the molecule is O=Cc1c(I)cc(I)c(C=O)c1I. The number of aldehydes is 2. The first-order chi connectivity index (χ1) is 6.11. The van der Waals surface area contributed by atoms with E-state index in [-0.39, 0.29) is 0 Å². The molecule has 0 saturated carbocycles. The second kappa shape index (κ2) is 5.01. The first-order valence-electron chi connectivity index (χ1n) is 3.19. The van der Waals surface area contributed by atoms with E-state index in [1.807, 2.05) is 28.7 Å². The minimum Gasteiger partial charge on any atom is -0.298 e. The summed E-state index contributed by atoms with van der Waals surface area (Å²) in [6.07, 6.45) is 1.57. The van der Waals surface area contributed by atoms with Crippen LogP contribution in [0.5, 0.6) is 0 Å². The fraction of sp³-hybridized carbons (Fsp3) is 0. The zero-order valence-corrected chi connectivity index (χ0v) is 12.7. The Balaban J connectivity index is 3.56. The minimum atomic E-state index is 0.601. The smallest absolute Gasteiger partial charge is 0.152 e. The van der Waals surface area contributed by atoms with Gasteiger partial charge in [-0.2, -0.15) is 0 Å². The van der Waals surface area contributed by atoms with Crippen molar-refractivity contribution in [3.63, 3.8) is 0 Å². The standard InChI is InChI=1S/C8H3I3O2/c9-6-1-7(10)5(3-13)8(11)4(6)2-12/h1-3H. The van der Waals surface area contributed by atoms with Gasteiger partial charge in [-0.05, 0) is 73.8 Å². The monoisotopic (exact) mass is 512 g/mol. The second-order valence-corrected chi connectivity index (χ2v) is 5.62. The molecule has 5 heteroatoms. The number of carbonyl (C=O) groups excluding carboxylic acids is 2. The molecule has 13 heavy (non-hydrogen) atoms. The van der Waals surface area contributed by atoms with Crippen molar-refractivity contribution in [2.24, 2.45) is 0 Å². The zero-order chi connectivity index (χ0) is 10.0. The van der Waals surface area contributed by atoms with Crippen LogP contribution in [0.15, 0.2) is 6.07 Å². The summed E-state index contributed by atoms with van der Waals surface area (Å²) in [6, 6.07) is 1.83. The molecule has 0 aliphatic carbocycles. The Kier molecular flexibility index (Phi) is 4.55. The lowest BCUT2D eigenvalue weighted by Gasteiger charge is -2.05. The average Bonchev–Trinajstić information content (AvgIpc) is 2.04. The summed E-state index contributed by atoms with van der Waals surface area (Å²) in [6.45, 7) is 0. The summed E-state index contributed by atoms with van der Waals surface area (Å²) >= 11 is 6.20. The molecule has 1 aromatic carbocycles. The van der Waals surface area contributed by atoms with E-state index >= 15 is 0 Å². The average molecular weight is 512 g/mol. The van der Waals surface area contributed by atoms with Gasteiger partial charge in [0.2, 0.25) is 0 Å². The van der Waals surface area contributed by atoms with Gasteiger partial charge in [-0.15, -0.1) is 0 Å². The zero-order valence-electron chi connectivity index (χ0n) is 6.18. The molecule has 0 fully saturated rings. The summed E-state index contributed by atoms with van der Waals surface area (Å²) in [7, 11) is 0. The van der Waals surface area contributed by atoms with Crippen molar-refractivity contribution in [1.82, 2.24) is 0 Å². The summed E-state index contributed by atoms with van der Waals surface area (Å²) in [4.78, 5) is 21.4. The molecule has 2 nitrogen and oxygen atoms in total. The number of hydrogen-bond donors (Lipinski definition) is 0. The Hall–Kier alpha value is 0.750. The highest BCUT2D eigenvalue weighted by molar-refractivity contribution is 14.1. The third-order valence-electron chi connectivity index (χ3n) is 1.48. The minimum absolute atomic E-state index is 0.601. The highest BCUT2D eigenvalue weighted by atomic mass is 127. The molecule has 0 unspecified atom stereocenters. The number of rotatable bonds is 2. The molecule has 0 heterocycles. The normalized spacial score (nSPS) is 9.77. The van der Waals surface area contributed by atoms with Crippen molar-refractivity contribution in [3.05, 3.63) is 27.9 Å². The first kappa shape index (κ1) is 11.8. The highest BCUT2D eigenvalue weighted by Crippen LogP contribution is 2.25. The molecule has 0 aromatic heterocycles. The van der Waals surface area contributed by atoms with Crippen LogP contribution in [0.25, 0.3) is 0 Å². The van der Waals surface area contributed by atoms with Crippen LogP contribution in [0.4, 0.5) is 0 Å². The van der Waals surface area contributed by atoms with E-state index in [0.717, 1.165) is 23.3 Å². The lowest BCUT2D eigenvalue weighted by molar-refractivity contribution is 0.112. The lowest BCUT2D eigenvalue weighted by Crippen LogP contribution is -1.99. The van der Waals surface area contributed by atoms with E-state index in [1.54, 1.807) is 0 Å². The lowest BCUT2D eigenvalue weighted by atomic mass is 10.1. The third kappa shape index (κ3) is 2.41. The van der Waals surface area contributed by atoms with Crippen LogP contribution in [0.3, 0.4) is 0 Å². The van der Waals surface area contributed by atoms with Gasteiger partial charge in [0.25, 0.3) is 0 Å². The predicted octanol–water partition coefficient (Wildman–Crippen LogP) is 3.13. The number of carbonyl (C=O) groups is 2. The van der Waals surface area contributed by atoms with Crippen LogP contribution >= 0.6 is 67.8 Å². The number of benzene rings is 1. The van der Waals surface area contributed by atoms with Crippen molar-refractivity contribution in [3.8, 4) is 0 Å². The Labute approximate surface area is 116 Å². The van der Waals surface area contributed by atoms with Crippen LogP contribution in [0, 0.1) is 10.7 Å². The van der Waals surface area contributed by atoms with Gasteiger partial charge in [0.15, 0.2) is 12.6 Å². The van der Waals surface area contributed by atoms with Crippen LogP contribution in [0.2, 0.25) is 0 Å². The van der Waals surface area contributed by atoms with E-state index in [9.17, 15) is 9.59 Å². The topological polar surface area (TPSA) is 34.1 Å². The van der Waals surface area contributed by atoms with Crippen LogP contribution in [-0.4, -0.2) is 12.6 Å². The molecule has 0 aliphatic heterocycles. The quantitative estimate of drug-likeness (QED) is 0.452. The fourth-order valence-electron chi connectivity index (χ4n) is 0.838. The Morgan fingerprint density at radius 1 is 0.923 bits per heavy atom. The van der Waals surface area contributed by atoms with Gasteiger partial charge >= 0.3 is 0 Å². The van der Waals surface area contributed by atoms with E-state index < -0.39 is 0 Å². The molecule has 1 aromatic rings. The number of halogens is 3. The maximum Gasteiger partial charge on any atom is 0.152 e. The first-order valence-corrected chi connectivity index (χ1v) is 6.43. The number of hydrogen-bond acceptors (Lipinski definition) is 2. The predicted molar refractivity (Wildman–Crippen MR) is 75.4 cm³/mol. The molecule has 0 spiro atoms. The van der Waals surface area contributed by atoms with E-state index in [0.29, 0.717) is 11.1 Å². The van der Waals surface area contributed by atoms with Crippen molar-refractivity contribution in [1.29, 1.82) is 0 Å². The Morgan fingerprint density at radius 2 is 1.31 bits per heavy atom. The molecule has 0 radical (unpaired) electrons. The molecule has 68 valence electrons. The van der Waals surface area contributed by atoms with Gasteiger partial charge in [-0.25, -0.2) is 0 Å². The summed E-state index contributed by atoms with van der Waals surface area (Å²) in [5.41, 5.74) is 1.20. The molecule has 1 rings (SSSR count). The highest BCUT2D eigenvalue weighted by Gasteiger charge is 2.12. The van der Waals surface area contributed by atoms with Gasteiger partial charge in [0, 0.05) is 21.8 Å². The van der Waals surface area contributed by atoms with Crippen LogP contribution in [-0.2, 0) is 0 Å². The van der Waals surface area contributed by atoms with Gasteiger partial charge in [-0.3, -0.25) is 9.59 Å². The van der Waals surface area contributed by atoms with Crippen molar-refractivity contribution in [2.45, 2.75) is 0 Å². The molecule has 0 N–H and O–H groups in total. The molecular weight excluding hydrogens is 509 g/mol. The second-order valence-electron chi connectivity index (χ2n) is 2.22. The molecule has 0 bridgehead atoms. The Morgan fingerprint density at radius 3 is 1.62 bits per heavy atom. The molecule has 0 amide bonds. The fourth-order valence-corrected chi connectivity index (χ4v) is 4.72. The van der Waals surface area contributed by atoms with E-state index in [1.165, 1.54) is 0 Å². The maximum absolute atomic E-state index is 10.7. The third-order valence-corrected chi connectivity index (χ3v) is 4.42. The van der Waals surface area contributed by atoms with Gasteiger partial charge in [-0.1, -0.05) is 0 Å². The Bertz CT molecular complexity index is 342. The van der Waals surface area contributed by atoms with E-state index in [2.05, 4.69) is 45.2 Å². The van der Waals surface area contributed by atoms with Crippen molar-refractivity contribution in [2.75, 3.05) is 0 Å². The van der Waals surface area contributed by atoms with Crippen LogP contribution in [0.1, 0.15) is 20.7 Å². The molecular formula is C8H3I3O2. The van der Waals surface area contributed by atoms with Crippen molar-refractivity contribution >= 4 is 80.3 Å². The van der Waals surface area contributed by atoms with Crippen LogP contribution < -0.4 is 0 Å². The summed E-state index contributed by atoms with van der Waals surface area (Å²) in [5, 5.41) is 0. The molecule has 0 atom stereocenters. The molecule has 0 saturated heterocycles. The molecule has 0 aliphatic rings. The largest absolute Gasteiger partial charge is 0.298 e. The van der Waals surface area contributed by atoms with Gasteiger partial charge in [0.1, 0.15) is 0 Å². The van der Waals surface area contributed by atoms with Gasteiger partial charge < -0.3 is 0 Å². The maximum atomic E-state index is 10.7. The summed E-state index contributed by atoms with van der Waals surface area (Å²) in [5.74, 6) is 0. The van der Waals surface area contributed by atoms with Gasteiger partial charge in [0.05, 0.1) is 0 Å². The summed E-state index contributed by atoms with van der Waals surface area (Å²) < 4.78 is 2.50. The van der Waals surface area contributed by atoms with E-state index in [4.69, 9.17) is 0 Å².